The molecule has 0 aliphatic rings. The summed E-state index contributed by atoms with van der Waals surface area (Å²) in [5.41, 5.74) is 0.635. The Labute approximate surface area is 226 Å². The molecule has 0 heterocycles. The number of benzene rings is 1. The Morgan fingerprint density at radius 2 is 1.00 bits per heavy atom. The van der Waals surface area contributed by atoms with Gasteiger partial charge in [-0.2, -0.15) is 0 Å². The third-order valence-corrected chi connectivity index (χ3v) is 6.11. The molecule has 0 N–H and O–H groups in total. The molecule has 176 valence electrons. The number of hydrogen-bond donors (Lipinski definition) is 0. The van der Waals surface area contributed by atoms with E-state index >= 15 is 0 Å². The summed E-state index contributed by atoms with van der Waals surface area (Å²) >= 11 is 0. The summed E-state index contributed by atoms with van der Waals surface area (Å²) in [6.45, 7) is 2.26. The maximum atomic E-state index is 11.2. The van der Waals surface area contributed by atoms with Crippen LogP contribution in [0.3, 0.4) is 0 Å². The first-order chi connectivity index (χ1) is 15.1. The Bertz CT molecular complexity index is 635. The zero-order valence-electron chi connectivity index (χ0n) is 21.6. The number of carboxylic acid groups (broad SMARTS) is 2. The quantitative estimate of drug-likeness (QED) is 0.203. The summed E-state index contributed by atoms with van der Waals surface area (Å²) in [5.74, 6) is -2.54. The van der Waals surface area contributed by atoms with Gasteiger partial charge in [0.2, 0.25) is 0 Å². The van der Waals surface area contributed by atoms with Gasteiger partial charge < -0.3 is 19.8 Å². The van der Waals surface area contributed by atoms with Crippen molar-refractivity contribution in [1.29, 1.82) is 0 Å². The molecule has 6 heteroatoms. The van der Waals surface area contributed by atoms with Gasteiger partial charge in [0, 0.05) is 5.56 Å². The molecule has 0 spiro atoms. The fourth-order valence-electron chi connectivity index (χ4n) is 4.17. The van der Waals surface area contributed by atoms with Crippen LogP contribution >= 0.6 is 0 Å². The van der Waals surface area contributed by atoms with Gasteiger partial charge in [0.05, 0.1) is 11.9 Å². The second kappa shape index (κ2) is 23.1. The van der Waals surface area contributed by atoms with E-state index in [9.17, 15) is 19.8 Å². The predicted octanol–water partition coefficient (Wildman–Crippen LogP) is -0.384. The average molecular weight is 445 g/mol. The summed E-state index contributed by atoms with van der Waals surface area (Å²) in [6.07, 6.45) is 22.6. The van der Waals surface area contributed by atoms with Crippen LogP contribution < -0.4 is 47.9 Å². The fraction of sp³-hybridized carbons (Fsp3) is 0.704. The van der Waals surface area contributed by atoms with Gasteiger partial charge in [-0.15, -0.1) is 0 Å². The molecule has 33 heavy (non-hydrogen) atoms. The number of carboxylic acids is 2. The molecule has 1 rings (SSSR count). The minimum Gasteiger partial charge on any atom is -0.545 e. The number of aromatic carboxylic acids is 2. The first-order valence-electron chi connectivity index (χ1n) is 12.6. The van der Waals surface area contributed by atoms with Crippen molar-refractivity contribution in [1.82, 2.24) is 0 Å². The van der Waals surface area contributed by atoms with E-state index in [1.807, 2.05) is 0 Å². The minimum absolute atomic E-state index is 0. The molecule has 0 aliphatic carbocycles. The predicted molar refractivity (Wildman–Crippen MR) is 123 cm³/mol. The zero-order valence-corrected chi connectivity index (χ0v) is 21.6. The van der Waals surface area contributed by atoms with Crippen molar-refractivity contribution in [3.8, 4) is 0 Å². The Hall–Kier alpha value is -0.645. The third-order valence-electron chi connectivity index (χ3n) is 6.11. The number of hydrogen-bond acceptors (Lipinski definition) is 4. The summed E-state index contributed by atoms with van der Waals surface area (Å²) < 4.78 is 0. The third kappa shape index (κ3) is 17.4. The summed E-state index contributed by atoms with van der Waals surface area (Å²) in [5, 5.41) is 22.2. The van der Waals surface area contributed by atoms with E-state index in [2.05, 4.69) is 6.92 Å². The van der Waals surface area contributed by atoms with Crippen LogP contribution in [0.1, 0.15) is 142 Å². The second-order valence-corrected chi connectivity index (χ2v) is 8.85. The van der Waals surface area contributed by atoms with E-state index in [0.29, 0.717) is 12.0 Å². The van der Waals surface area contributed by atoms with Crippen LogP contribution in [0.2, 0.25) is 0 Å². The van der Waals surface area contributed by atoms with Crippen LogP contribution in [0.5, 0.6) is 0 Å². The number of aryl methyl sites for hydroxylation is 1. The average Bonchev–Trinajstić information content (AvgIpc) is 2.75. The second-order valence-electron chi connectivity index (χ2n) is 8.85. The molecule has 1 aromatic carbocycles. The maximum Gasteiger partial charge on any atom is 1.00 e. The molecule has 0 bridgehead atoms. The van der Waals surface area contributed by atoms with Gasteiger partial charge in [0.15, 0.2) is 0 Å². The van der Waals surface area contributed by atoms with E-state index < -0.39 is 11.9 Å². The molecule has 0 fully saturated rings. The normalized spacial score (nSPS) is 10.3. The molecule has 0 aromatic heterocycles. The number of carbonyl (C=O) groups excluding carboxylic acids is 2. The molecular weight excluding hydrogens is 402 g/mol. The van der Waals surface area contributed by atoms with Crippen molar-refractivity contribution in [3.05, 3.63) is 34.9 Å². The summed E-state index contributed by atoms with van der Waals surface area (Å²) in [6, 6.07) is 3.98. The number of carbonyl (C=O) groups is 2. The van der Waals surface area contributed by atoms with E-state index in [1.165, 1.54) is 108 Å². The molecule has 0 radical (unpaired) electrons. The van der Waals surface area contributed by atoms with Gasteiger partial charge in [-0.1, -0.05) is 122 Å². The van der Waals surface area contributed by atoms with Gasteiger partial charge in [-0.3, -0.25) is 0 Å². The van der Waals surface area contributed by atoms with Gasteiger partial charge in [0.25, 0.3) is 0 Å². The topological polar surface area (TPSA) is 80.3 Å². The standard InChI is InChI=1S/C27H44O4.2Li/c1-2-3-4-5-6-7-8-9-10-11-12-13-14-15-16-17-18-19-23-22-24(26(28)29)20-21-25(23)27(30)31;;/h20-22H,2-19H2,1H3,(H,28,29)(H,30,31);;/q;2*+1/p-2. The fourth-order valence-corrected chi connectivity index (χ4v) is 4.17. The van der Waals surface area contributed by atoms with Crippen LogP contribution in [0.25, 0.3) is 0 Å². The molecular formula is C27H42Li2O4. The van der Waals surface area contributed by atoms with Crippen LogP contribution in [-0.2, 0) is 6.42 Å². The zero-order chi connectivity index (χ0) is 22.7. The molecule has 1 aromatic rings. The van der Waals surface area contributed by atoms with E-state index in [0.717, 1.165) is 19.3 Å². The van der Waals surface area contributed by atoms with Crippen LogP contribution in [0.15, 0.2) is 18.2 Å². The molecule has 0 unspecified atom stereocenters. The van der Waals surface area contributed by atoms with Gasteiger partial charge in [-0.25, -0.2) is 0 Å². The van der Waals surface area contributed by atoms with Gasteiger partial charge in [-0.05, 0) is 30.0 Å². The smallest absolute Gasteiger partial charge is 0.545 e. The monoisotopic (exact) mass is 444 g/mol. The first-order valence-corrected chi connectivity index (χ1v) is 12.6. The van der Waals surface area contributed by atoms with Gasteiger partial charge in [0.1, 0.15) is 0 Å². The van der Waals surface area contributed by atoms with Crippen molar-refractivity contribution in [2.45, 2.75) is 122 Å². The van der Waals surface area contributed by atoms with Crippen molar-refractivity contribution >= 4 is 11.9 Å². The van der Waals surface area contributed by atoms with Crippen LogP contribution in [0, 0.1) is 0 Å². The van der Waals surface area contributed by atoms with E-state index in [-0.39, 0.29) is 48.8 Å². The Kier molecular flexibility index (Phi) is 24.2. The molecule has 0 saturated heterocycles. The molecule has 4 nitrogen and oxygen atoms in total. The van der Waals surface area contributed by atoms with E-state index in [4.69, 9.17) is 0 Å². The van der Waals surface area contributed by atoms with Crippen molar-refractivity contribution in [2.75, 3.05) is 0 Å². The summed E-state index contributed by atoms with van der Waals surface area (Å²) in [4.78, 5) is 22.2. The van der Waals surface area contributed by atoms with Crippen LogP contribution in [-0.4, -0.2) is 11.9 Å². The van der Waals surface area contributed by atoms with Crippen molar-refractivity contribution in [3.63, 3.8) is 0 Å². The Morgan fingerprint density at radius 3 is 1.36 bits per heavy atom. The molecule has 0 atom stereocenters. The summed E-state index contributed by atoms with van der Waals surface area (Å²) in [7, 11) is 0. The van der Waals surface area contributed by atoms with Gasteiger partial charge >= 0.3 is 37.7 Å². The Balaban J connectivity index is 0. The molecule has 0 aliphatic heterocycles. The Morgan fingerprint density at radius 1 is 0.606 bits per heavy atom. The number of rotatable bonds is 20. The first kappa shape index (κ1) is 34.5. The largest absolute Gasteiger partial charge is 1.00 e. The van der Waals surface area contributed by atoms with Crippen molar-refractivity contribution in [2.24, 2.45) is 0 Å². The van der Waals surface area contributed by atoms with Crippen LogP contribution in [0.4, 0.5) is 0 Å². The van der Waals surface area contributed by atoms with Crippen molar-refractivity contribution < 1.29 is 57.5 Å². The maximum absolute atomic E-state index is 11.2. The molecule has 0 amide bonds. The molecule has 0 saturated carbocycles. The minimum atomic E-state index is -1.28. The number of unbranched alkanes of at least 4 members (excludes halogenated alkanes) is 16. The van der Waals surface area contributed by atoms with E-state index in [1.54, 1.807) is 0 Å². The SMILES string of the molecule is CCCCCCCCCCCCCCCCCCCc1cc(C(=O)[O-])ccc1C(=O)[O-].[Li+].[Li+].